The first-order valence-corrected chi connectivity index (χ1v) is 5.45. The molecule has 0 radical (unpaired) electrons. The molecule has 14 heavy (non-hydrogen) atoms. The Bertz CT molecular complexity index is 114. The molecule has 0 unspecified atom stereocenters. The average molecular weight is 220 g/mol. The lowest BCUT2D eigenvalue weighted by atomic mass is 10.1. The number of likely N-dealkylation sites (N-methyl/N-ethyl adjacent to an activating group) is 1. The predicted molar refractivity (Wildman–Crippen MR) is 70.5 cm³/mol. The van der Waals surface area contributed by atoms with Crippen molar-refractivity contribution in [1.29, 1.82) is 0 Å². The van der Waals surface area contributed by atoms with Gasteiger partial charge in [0.05, 0.1) is 0 Å². The van der Waals surface area contributed by atoms with Crippen LogP contribution in [0.2, 0.25) is 0 Å². The van der Waals surface area contributed by atoms with Crippen molar-refractivity contribution in [2.75, 3.05) is 13.6 Å². The molecule has 2 nitrogen and oxygen atoms in total. The van der Waals surface area contributed by atoms with E-state index < -0.39 is 0 Å². The number of hydrogen-bond acceptors (Lipinski definition) is 2. The van der Waals surface area contributed by atoms with Gasteiger partial charge in [-0.3, -0.25) is 4.90 Å². The quantitative estimate of drug-likeness (QED) is 0.738. The van der Waals surface area contributed by atoms with Gasteiger partial charge in [0.25, 0.3) is 0 Å². The summed E-state index contributed by atoms with van der Waals surface area (Å²) in [6.07, 6.45) is 1.20. The lowest BCUT2D eigenvalue weighted by Gasteiger charge is -2.33. The standard InChI is InChI=1S/C11H26N2.H2S/c1-7-11(12-6)8-13(9(2)3)10(4)5;/h9-12H,7-8H2,1-6H3;1H2/t11-;/m0./s1. The van der Waals surface area contributed by atoms with Crippen molar-refractivity contribution in [3.05, 3.63) is 0 Å². The third kappa shape index (κ3) is 5.89. The van der Waals surface area contributed by atoms with Crippen LogP contribution in [0, 0.1) is 0 Å². The Labute approximate surface area is 96.9 Å². The number of nitrogens with zero attached hydrogens (tertiary/aromatic N) is 1. The first kappa shape index (κ1) is 16.7. The fraction of sp³-hybridized carbons (Fsp3) is 1.00. The number of rotatable bonds is 6. The highest BCUT2D eigenvalue weighted by molar-refractivity contribution is 7.59. The van der Waals surface area contributed by atoms with Gasteiger partial charge in [-0.25, -0.2) is 0 Å². The minimum atomic E-state index is 0. The molecular formula is C11H28N2S. The van der Waals surface area contributed by atoms with E-state index in [9.17, 15) is 0 Å². The van der Waals surface area contributed by atoms with Crippen LogP contribution in [0.15, 0.2) is 0 Å². The van der Waals surface area contributed by atoms with Crippen molar-refractivity contribution >= 4 is 13.5 Å². The van der Waals surface area contributed by atoms with Crippen LogP contribution in [0.1, 0.15) is 41.0 Å². The van der Waals surface area contributed by atoms with Gasteiger partial charge >= 0.3 is 0 Å². The van der Waals surface area contributed by atoms with Gasteiger partial charge in [-0.2, -0.15) is 13.5 Å². The summed E-state index contributed by atoms with van der Waals surface area (Å²) >= 11 is 0. The van der Waals surface area contributed by atoms with Gasteiger partial charge in [-0.1, -0.05) is 6.92 Å². The Morgan fingerprint density at radius 2 is 1.50 bits per heavy atom. The lowest BCUT2D eigenvalue weighted by molar-refractivity contribution is 0.156. The Morgan fingerprint density at radius 3 is 1.71 bits per heavy atom. The zero-order valence-corrected chi connectivity index (χ0v) is 11.6. The van der Waals surface area contributed by atoms with E-state index in [1.807, 2.05) is 7.05 Å². The highest BCUT2D eigenvalue weighted by Crippen LogP contribution is 2.07. The molecule has 0 spiro atoms. The minimum absolute atomic E-state index is 0. The largest absolute Gasteiger partial charge is 0.316 e. The summed E-state index contributed by atoms with van der Waals surface area (Å²) in [6.45, 7) is 12.5. The maximum atomic E-state index is 3.35. The third-order valence-electron chi connectivity index (χ3n) is 2.66. The summed E-state index contributed by atoms with van der Waals surface area (Å²) in [5.41, 5.74) is 0. The van der Waals surface area contributed by atoms with Crippen LogP contribution in [0.4, 0.5) is 0 Å². The van der Waals surface area contributed by atoms with Crippen molar-refractivity contribution in [1.82, 2.24) is 10.2 Å². The molecule has 1 atom stereocenters. The topological polar surface area (TPSA) is 15.3 Å². The normalized spacial score (nSPS) is 13.5. The number of hydrogen-bond donors (Lipinski definition) is 1. The highest BCUT2D eigenvalue weighted by atomic mass is 32.1. The molecule has 0 aromatic rings. The molecule has 0 aliphatic heterocycles. The number of nitrogens with one attached hydrogen (secondary N) is 1. The second-order valence-electron chi connectivity index (χ2n) is 4.28. The Kier molecular flexibility index (Phi) is 10.2. The Morgan fingerprint density at radius 1 is 1.07 bits per heavy atom. The first-order valence-electron chi connectivity index (χ1n) is 5.45. The van der Waals surface area contributed by atoms with Crippen molar-refractivity contribution in [2.45, 2.75) is 59.2 Å². The van der Waals surface area contributed by atoms with Crippen LogP contribution in [0.25, 0.3) is 0 Å². The molecule has 1 N–H and O–H groups in total. The van der Waals surface area contributed by atoms with E-state index in [1.54, 1.807) is 0 Å². The maximum Gasteiger partial charge on any atom is 0.0189 e. The van der Waals surface area contributed by atoms with E-state index in [0.717, 1.165) is 6.54 Å². The molecule has 0 amide bonds. The monoisotopic (exact) mass is 220 g/mol. The van der Waals surface area contributed by atoms with Gasteiger partial charge in [0.1, 0.15) is 0 Å². The van der Waals surface area contributed by atoms with Crippen molar-refractivity contribution in [3.63, 3.8) is 0 Å². The molecule has 0 saturated heterocycles. The molecule has 88 valence electrons. The summed E-state index contributed by atoms with van der Waals surface area (Å²) in [7, 11) is 2.05. The second-order valence-corrected chi connectivity index (χ2v) is 4.28. The Balaban J connectivity index is 0. The van der Waals surface area contributed by atoms with E-state index in [2.05, 4.69) is 44.8 Å². The van der Waals surface area contributed by atoms with Crippen LogP contribution in [-0.4, -0.2) is 36.6 Å². The van der Waals surface area contributed by atoms with Crippen LogP contribution in [0.3, 0.4) is 0 Å². The van der Waals surface area contributed by atoms with E-state index in [0.29, 0.717) is 18.1 Å². The maximum absolute atomic E-state index is 3.35. The summed E-state index contributed by atoms with van der Waals surface area (Å²) in [5, 5.41) is 3.35. The molecule has 0 aromatic carbocycles. The minimum Gasteiger partial charge on any atom is -0.316 e. The zero-order valence-electron chi connectivity index (χ0n) is 10.6. The van der Waals surface area contributed by atoms with Gasteiger partial charge in [-0.05, 0) is 41.2 Å². The second kappa shape index (κ2) is 8.57. The molecule has 0 aliphatic rings. The van der Waals surface area contributed by atoms with Crippen molar-refractivity contribution < 1.29 is 0 Å². The van der Waals surface area contributed by atoms with E-state index in [-0.39, 0.29) is 13.5 Å². The van der Waals surface area contributed by atoms with Gasteiger partial charge in [0.15, 0.2) is 0 Å². The van der Waals surface area contributed by atoms with E-state index in [1.165, 1.54) is 6.42 Å². The molecular weight excluding hydrogens is 192 g/mol. The Hall–Kier alpha value is 0.270. The lowest BCUT2D eigenvalue weighted by Crippen LogP contribution is -2.45. The summed E-state index contributed by atoms with van der Waals surface area (Å²) < 4.78 is 0. The molecule has 0 aromatic heterocycles. The summed E-state index contributed by atoms with van der Waals surface area (Å²) in [5.74, 6) is 0. The first-order chi connectivity index (χ1) is 6.02. The summed E-state index contributed by atoms with van der Waals surface area (Å²) in [4.78, 5) is 2.53. The van der Waals surface area contributed by atoms with Gasteiger partial charge in [0, 0.05) is 24.7 Å². The fourth-order valence-corrected chi connectivity index (χ4v) is 1.70. The van der Waals surface area contributed by atoms with E-state index in [4.69, 9.17) is 0 Å². The van der Waals surface area contributed by atoms with Crippen molar-refractivity contribution in [3.8, 4) is 0 Å². The van der Waals surface area contributed by atoms with Gasteiger partial charge in [0.2, 0.25) is 0 Å². The average Bonchev–Trinajstić information content (AvgIpc) is 2.05. The van der Waals surface area contributed by atoms with Crippen LogP contribution in [0.5, 0.6) is 0 Å². The molecule has 0 aliphatic carbocycles. The smallest absolute Gasteiger partial charge is 0.0189 e. The van der Waals surface area contributed by atoms with Crippen LogP contribution in [-0.2, 0) is 0 Å². The van der Waals surface area contributed by atoms with E-state index >= 15 is 0 Å². The zero-order chi connectivity index (χ0) is 10.4. The van der Waals surface area contributed by atoms with Crippen molar-refractivity contribution in [2.24, 2.45) is 0 Å². The molecule has 0 fully saturated rings. The third-order valence-corrected chi connectivity index (χ3v) is 2.66. The molecule has 0 bridgehead atoms. The van der Waals surface area contributed by atoms with Crippen LogP contribution >= 0.6 is 13.5 Å². The molecule has 3 heteroatoms. The SMILES string of the molecule is CC[C@@H](CN(C(C)C)C(C)C)NC.S. The van der Waals surface area contributed by atoms with Crippen LogP contribution < -0.4 is 5.32 Å². The molecule has 0 rings (SSSR count). The summed E-state index contributed by atoms with van der Waals surface area (Å²) in [6, 6.07) is 1.91. The fourth-order valence-electron chi connectivity index (χ4n) is 1.70. The van der Waals surface area contributed by atoms with Gasteiger partial charge in [-0.15, -0.1) is 0 Å². The highest BCUT2D eigenvalue weighted by Gasteiger charge is 2.16. The molecule has 0 saturated carbocycles. The predicted octanol–water partition coefficient (Wildman–Crippen LogP) is 2.22. The molecule has 0 heterocycles. The van der Waals surface area contributed by atoms with Gasteiger partial charge < -0.3 is 5.32 Å².